The predicted octanol–water partition coefficient (Wildman–Crippen LogP) is 3.79. The highest BCUT2D eigenvalue weighted by Crippen LogP contribution is 2.36. The third-order valence-electron chi connectivity index (χ3n) is 5.96. The first-order chi connectivity index (χ1) is 14.7. The molecule has 2 unspecified atom stereocenters. The first kappa shape index (κ1) is 23.4. The number of amides is 2. The summed E-state index contributed by atoms with van der Waals surface area (Å²) in [5.41, 5.74) is 2.06. The van der Waals surface area contributed by atoms with Crippen LogP contribution in [0.25, 0.3) is 0 Å². The summed E-state index contributed by atoms with van der Waals surface area (Å²) in [6, 6.07) is 8.21. The number of likely N-dealkylation sites (N-methyl/N-ethyl adjacent to an activating group) is 1. The Labute approximate surface area is 192 Å². The number of anilines is 1. The van der Waals surface area contributed by atoms with E-state index >= 15 is 0 Å². The van der Waals surface area contributed by atoms with Crippen molar-refractivity contribution in [2.75, 3.05) is 25.5 Å². The average molecular weight is 459 g/mol. The maximum absolute atomic E-state index is 13.3. The zero-order chi connectivity index (χ0) is 22.6. The lowest BCUT2D eigenvalue weighted by atomic mass is 9.94. The maximum Gasteiger partial charge on any atom is 0.258 e. The third kappa shape index (κ3) is 5.70. The highest BCUT2D eigenvalue weighted by atomic mass is 35.5. The van der Waals surface area contributed by atoms with Crippen LogP contribution in [0, 0.1) is 17.2 Å². The molecule has 0 bridgehead atoms. The number of thioether (sulfide) groups is 1. The van der Waals surface area contributed by atoms with Crippen molar-refractivity contribution in [2.45, 2.75) is 37.6 Å². The molecule has 2 atom stereocenters. The number of nitrogens with one attached hydrogen (secondary N) is 2. The van der Waals surface area contributed by atoms with Crippen LogP contribution in [0.15, 0.2) is 40.6 Å². The molecule has 0 saturated heterocycles. The number of fused-ring (bicyclic) bond motifs is 1. The van der Waals surface area contributed by atoms with E-state index in [1.165, 1.54) is 11.1 Å². The summed E-state index contributed by atoms with van der Waals surface area (Å²) in [7, 11) is 2.11. The number of hydrogen-bond donors (Lipinski definition) is 2. The Kier molecular flexibility index (Phi) is 7.47. The van der Waals surface area contributed by atoms with Gasteiger partial charge in [-0.15, -0.1) is 0 Å². The fourth-order valence-corrected chi connectivity index (χ4v) is 4.86. The van der Waals surface area contributed by atoms with Gasteiger partial charge in [-0.1, -0.05) is 42.6 Å². The van der Waals surface area contributed by atoms with E-state index in [2.05, 4.69) is 47.9 Å². The summed E-state index contributed by atoms with van der Waals surface area (Å²) >= 11 is 6.71. The molecular weight excluding hydrogens is 432 g/mol. The standard InChI is InChI=1S/C23H27ClN4O2S/c1-15(31-16(2)24)21(29)27-23(9-6-17(13-23)14-25)22(30)26-20-5-4-18-7-10-28(3)11-8-19(18)12-20/h4-5,12,17H,1-2,6-11,13H2,3H3,(H,26,30)(H,27,29). The first-order valence-electron chi connectivity index (χ1n) is 10.3. The quantitative estimate of drug-likeness (QED) is 0.633. The van der Waals surface area contributed by atoms with Gasteiger partial charge < -0.3 is 15.5 Å². The molecule has 2 N–H and O–H groups in total. The number of benzene rings is 1. The molecule has 1 saturated carbocycles. The molecule has 1 aliphatic heterocycles. The molecule has 3 rings (SSSR count). The zero-order valence-corrected chi connectivity index (χ0v) is 19.2. The molecule has 8 heteroatoms. The minimum atomic E-state index is -1.17. The highest BCUT2D eigenvalue weighted by molar-refractivity contribution is 8.08. The Balaban J connectivity index is 1.78. The van der Waals surface area contributed by atoms with Crippen molar-refractivity contribution in [1.82, 2.24) is 10.2 Å². The van der Waals surface area contributed by atoms with Gasteiger partial charge in [0.15, 0.2) is 0 Å². The van der Waals surface area contributed by atoms with Gasteiger partial charge in [0, 0.05) is 24.7 Å². The second-order valence-electron chi connectivity index (χ2n) is 8.23. The van der Waals surface area contributed by atoms with E-state index in [-0.39, 0.29) is 27.5 Å². The number of carbonyl (C=O) groups is 2. The van der Waals surface area contributed by atoms with E-state index in [1.54, 1.807) is 0 Å². The van der Waals surface area contributed by atoms with Crippen LogP contribution in [0.5, 0.6) is 0 Å². The van der Waals surface area contributed by atoms with Gasteiger partial charge in [0.25, 0.3) is 5.91 Å². The first-order valence-corrected chi connectivity index (χ1v) is 11.5. The van der Waals surface area contributed by atoms with Gasteiger partial charge in [0.05, 0.1) is 15.3 Å². The van der Waals surface area contributed by atoms with Crippen LogP contribution in [0.1, 0.15) is 30.4 Å². The van der Waals surface area contributed by atoms with E-state index in [9.17, 15) is 14.9 Å². The molecule has 2 amide bonds. The maximum atomic E-state index is 13.3. The lowest BCUT2D eigenvalue weighted by Gasteiger charge is -2.29. The SMILES string of the molecule is C=C(Cl)SC(=C)C(=O)NC1(C(=O)Nc2ccc3c(c2)CCN(C)CC3)CCC(C#N)C1. The van der Waals surface area contributed by atoms with Crippen molar-refractivity contribution in [2.24, 2.45) is 5.92 Å². The molecule has 0 radical (unpaired) electrons. The van der Waals surface area contributed by atoms with Crippen LogP contribution >= 0.6 is 23.4 Å². The Hall–Kier alpha value is -2.27. The van der Waals surface area contributed by atoms with Crippen molar-refractivity contribution in [3.63, 3.8) is 0 Å². The van der Waals surface area contributed by atoms with Crippen molar-refractivity contribution in [1.29, 1.82) is 5.26 Å². The minimum absolute atomic E-state index is 0.154. The number of carbonyl (C=O) groups excluding carboxylic acids is 2. The number of rotatable bonds is 6. The molecule has 31 heavy (non-hydrogen) atoms. The Morgan fingerprint density at radius 2 is 2.00 bits per heavy atom. The average Bonchev–Trinajstić information content (AvgIpc) is 3.06. The molecule has 1 aromatic carbocycles. The molecule has 1 aromatic rings. The Morgan fingerprint density at radius 1 is 1.29 bits per heavy atom. The molecule has 1 heterocycles. The summed E-state index contributed by atoms with van der Waals surface area (Å²) < 4.78 is 0.218. The van der Waals surface area contributed by atoms with Crippen molar-refractivity contribution in [3.05, 3.63) is 51.8 Å². The topological polar surface area (TPSA) is 85.2 Å². The van der Waals surface area contributed by atoms with E-state index < -0.39 is 11.4 Å². The molecule has 6 nitrogen and oxygen atoms in total. The molecule has 2 aliphatic rings. The predicted molar refractivity (Wildman–Crippen MR) is 126 cm³/mol. The normalized spacial score (nSPS) is 23.2. The third-order valence-corrected chi connectivity index (χ3v) is 6.85. The Morgan fingerprint density at radius 3 is 2.65 bits per heavy atom. The van der Waals surface area contributed by atoms with E-state index in [4.69, 9.17) is 11.6 Å². The molecule has 0 aromatic heterocycles. The molecule has 164 valence electrons. The molecular formula is C23H27ClN4O2S. The van der Waals surface area contributed by atoms with Crippen LogP contribution in [-0.2, 0) is 22.4 Å². The lowest BCUT2D eigenvalue weighted by molar-refractivity contribution is -0.128. The van der Waals surface area contributed by atoms with Crippen LogP contribution in [0.2, 0.25) is 0 Å². The molecule has 0 spiro atoms. The van der Waals surface area contributed by atoms with Gasteiger partial charge in [-0.3, -0.25) is 9.59 Å². The van der Waals surface area contributed by atoms with E-state index in [0.717, 1.165) is 37.7 Å². The zero-order valence-electron chi connectivity index (χ0n) is 17.7. The van der Waals surface area contributed by atoms with Crippen LogP contribution in [0.4, 0.5) is 5.69 Å². The fraction of sp³-hybridized carbons (Fsp3) is 0.435. The van der Waals surface area contributed by atoms with Gasteiger partial charge >= 0.3 is 0 Å². The van der Waals surface area contributed by atoms with Gasteiger partial charge in [-0.05, 0) is 62.4 Å². The van der Waals surface area contributed by atoms with Gasteiger partial charge in [0.1, 0.15) is 5.54 Å². The van der Waals surface area contributed by atoms with Gasteiger partial charge in [-0.25, -0.2) is 0 Å². The fourth-order valence-electron chi connectivity index (χ4n) is 4.16. The molecule has 1 fully saturated rings. The number of hydrogen-bond acceptors (Lipinski definition) is 5. The summed E-state index contributed by atoms with van der Waals surface area (Å²) in [5.74, 6) is -1.09. The van der Waals surface area contributed by atoms with Gasteiger partial charge in [-0.2, -0.15) is 5.26 Å². The largest absolute Gasteiger partial charge is 0.337 e. The van der Waals surface area contributed by atoms with Crippen LogP contribution in [0.3, 0.4) is 0 Å². The van der Waals surface area contributed by atoms with E-state index in [0.29, 0.717) is 18.5 Å². The van der Waals surface area contributed by atoms with Crippen molar-refractivity contribution < 1.29 is 9.59 Å². The second kappa shape index (κ2) is 9.90. The van der Waals surface area contributed by atoms with Gasteiger partial charge in [0.2, 0.25) is 5.91 Å². The summed E-state index contributed by atoms with van der Waals surface area (Å²) in [4.78, 5) is 28.4. The Bertz CT molecular complexity index is 957. The lowest BCUT2D eigenvalue weighted by Crippen LogP contribution is -2.55. The highest BCUT2D eigenvalue weighted by Gasteiger charge is 2.47. The summed E-state index contributed by atoms with van der Waals surface area (Å²) in [5, 5.41) is 15.2. The summed E-state index contributed by atoms with van der Waals surface area (Å²) in [6.45, 7) is 9.26. The number of nitriles is 1. The van der Waals surface area contributed by atoms with Crippen LogP contribution < -0.4 is 10.6 Å². The monoisotopic (exact) mass is 458 g/mol. The van der Waals surface area contributed by atoms with Crippen molar-refractivity contribution >= 4 is 40.9 Å². The molecule has 1 aliphatic carbocycles. The second-order valence-corrected chi connectivity index (χ2v) is 10.1. The van der Waals surface area contributed by atoms with Crippen LogP contribution in [-0.4, -0.2) is 42.4 Å². The van der Waals surface area contributed by atoms with E-state index in [1.807, 2.05) is 12.1 Å². The minimum Gasteiger partial charge on any atom is -0.337 e. The van der Waals surface area contributed by atoms with Crippen molar-refractivity contribution in [3.8, 4) is 6.07 Å². The smallest absolute Gasteiger partial charge is 0.258 e. The number of nitrogens with zero attached hydrogens (tertiary/aromatic N) is 2. The number of halogens is 1. The summed E-state index contributed by atoms with van der Waals surface area (Å²) in [6.07, 6.45) is 3.10.